The van der Waals surface area contributed by atoms with Gasteiger partial charge in [0.1, 0.15) is 18.0 Å². The van der Waals surface area contributed by atoms with E-state index in [1.165, 1.54) is 32.1 Å². The van der Waals surface area contributed by atoms with Crippen molar-refractivity contribution in [3.05, 3.63) is 18.2 Å². The van der Waals surface area contributed by atoms with Gasteiger partial charge in [-0.15, -0.1) is 10.2 Å². The average molecular weight is 231 g/mol. The standard InChI is InChI=1S/C12H17N5/c1-9-14-11(7-12-16-13-8-17(9)12)15-10-5-3-2-4-6-10/h7-8,10,15H,2-6H2,1H3. The summed E-state index contributed by atoms with van der Waals surface area (Å²) < 4.78 is 1.89. The zero-order valence-electron chi connectivity index (χ0n) is 10.1. The molecule has 0 saturated heterocycles. The lowest BCUT2D eigenvalue weighted by Gasteiger charge is -2.23. The number of hydrogen-bond donors (Lipinski definition) is 1. The highest BCUT2D eigenvalue weighted by Gasteiger charge is 2.14. The maximum absolute atomic E-state index is 4.54. The number of rotatable bonds is 2. The lowest BCUT2D eigenvalue weighted by Crippen LogP contribution is -2.23. The van der Waals surface area contributed by atoms with E-state index in [0.717, 1.165) is 17.3 Å². The van der Waals surface area contributed by atoms with Crippen LogP contribution in [0.5, 0.6) is 0 Å². The Kier molecular flexibility index (Phi) is 2.66. The maximum atomic E-state index is 4.54. The predicted molar refractivity (Wildman–Crippen MR) is 66.0 cm³/mol. The molecule has 2 aromatic rings. The van der Waals surface area contributed by atoms with Crippen molar-refractivity contribution < 1.29 is 0 Å². The molecular formula is C12H17N5. The van der Waals surface area contributed by atoms with Crippen LogP contribution in [0.25, 0.3) is 5.65 Å². The lowest BCUT2D eigenvalue weighted by molar-refractivity contribution is 0.461. The van der Waals surface area contributed by atoms with Crippen molar-refractivity contribution >= 4 is 11.5 Å². The second-order valence-corrected chi connectivity index (χ2v) is 4.73. The normalized spacial score (nSPS) is 17.5. The topological polar surface area (TPSA) is 55.1 Å². The molecule has 1 aliphatic carbocycles. The Balaban J connectivity index is 1.84. The van der Waals surface area contributed by atoms with Crippen molar-refractivity contribution in [2.24, 2.45) is 0 Å². The fraction of sp³-hybridized carbons (Fsp3) is 0.583. The van der Waals surface area contributed by atoms with Gasteiger partial charge in [0.05, 0.1) is 0 Å². The van der Waals surface area contributed by atoms with Crippen molar-refractivity contribution in [1.82, 2.24) is 19.6 Å². The highest BCUT2D eigenvalue weighted by molar-refractivity contribution is 5.50. The van der Waals surface area contributed by atoms with Gasteiger partial charge >= 0.3 is 0 Å². The summed E-state index contributed by atoms with van der Waals surface area (Å²) in [6.07, 6.45) is 8.21. The molecule has 0 atom stereocenters. The second kappa shape index (κ2) is 4.31. The molecule has 90 valence electrons. The van der Waals surface area contributed by atoms with Gasteiger partial charge in [-0.2, -0.15) is 0 Å². The van der Waals surface area contributed by atoms with Gasteiger partial charge in [0.25, 0.3) is 0 Å². The molecule has 0 radical (unpaired) electrons. The van der Waals surface area contributed by atoms with Crippen LogP contribution in [-0.2, 0) is 0 Å². The molecule has 0 unspecified atom stereocenters. The molecule has 0 aromatic carbocycles. The smallest absolute Gasteiger partial charge is 0.165 e. The van der Waals surface area contributed by atoms with Crippen LogP contribution in [0.2, 0.25) is 0 Å². The van der Waals surface area contributed by atoms with Crippen molar-refractivity contribution in [1.29, 1.82) is 0 Å². The van der Waals surface area contributed by atoms with Gasteiger partial charge in [-0.05, 0) is 19.8 Å². The van der Waals surface area contributed by atoms with Gasteiger partial charge in [-0.1, -0.05) is 19.3 Å². The molecule has 1 aliphatic rings. The molecule has 5 nitrogen and oxygen atoms in total. The Morgan fingerprint density at radius 2 is 2.12 bits per heavy atom. The third kappa shape index (κ3) is 2.09. The van der Waals surface area contributed by atoms with E-state index in [0.29, 0.717) is 6.04 Å². The highest BCUT2D eigenvalue weighted by Crippen LogP contribution is 2.21. The third-order valence-corrected chi connectivity index (χ3v) is 3.43. The zero-order valence-corrected chi connectivity index (χ0v) is 10.1. The number of fused-ring (bicyclic) bond motifs is 1. The van der Waals surface area contributed by atoms with E-state index >= 15 is 0 Å². The highest BCUT2D eigenvalue weighted by atomic mass is 15.2. The Morgan fingerprint density at radius 3 is 2.94 bits per heavy atom. The Hall–Kier alpha value is -1.65. The molecule has 0 bridgehead atoms. The number of hydrogen-bond acceptors (Lipinski definition) is 4. The number of anilines is 1. The first-order valence-electron chi connectivity index (χ1n) is 6.27. The molecule has 0 aliphatic heterocycles. The molecule has 1 fully saturated rings. The van der Waals surface area contributed by atoms with Gasteiger partial charge < -0.3 is 5.32 Å². The summed E-state index contributed by atoms with van der Waals surface area (Å²) in [5.41, 5.74) is 0.857. The van der Waals surface area contributed by atoms with Crippen LogP contribution in [0.3, 0.4) is 0 Å². The monoisotopic (exact) mass is 231 g/mol. The van der Waals surface area contributed by atoms with Crippen molar-refractivity contribution in [3.63, 3.8) is 0 Å². The van der Waals surface area contributed by atoms with Crippen LogP contribution in [0.4, 0.5) is 5.82 Å². The number of nitrogens with one attached hydrogen (secondary N) is 1. The van der Waals surface area contributed by atoms with Crippen LogP contribution >= 0.6 is 0 Å². The lowest BCUT2D eigenvalue weighted by atomic mass is 9.95. The number of aromatic nitrogens is 4. The molecular weight excluding hydrogens is 214 g/mol. The van der Waals surface area contributed by atoms with E-state index in [4.69, 9.17) is 0 Å². The summed E-state index contributed by atoms with van der Waals surface area (Å²) in [7, 11) is 0. The average Bonchev–Trinajstić information content (AvgIpc) is 2.79. The third-order valence-electron chi connectivity index (χ3n) is 3.43. The molecule has 5 heteroatoms. The van der Waals surface area contributed by atoms with E-state index in [-0.39, 0.29) is 0 Å². The van der Waals surface area contributed by atoms with Crippen LogP contribution in [-0.4, -0.2) is 25.6 Å². The molecule has 3 rings (SSSR count). The maximum Gasteiger partial charge on any atom is 0.165 e. The SMILES string of the molecule is Cc1nc(NC2CCCCC2)cc2nncn12. The molecule has 0 amide bonds. The molecule has 1 N–H and O–H groups in total. The van der Waals surface area contributed by atoms with Gasteiger partial charge in [-0.25, -0.2) is 4.98 Å². The summed E-state index contributed by atoms with van der Waals surface area (Å²) in [6, 6.07) is 2.54. The Labute approximate surface area is 100 Å². The Bertz CT molecular complexity index is 513. The number of nitrogens with zero attached hydrogens (tertiary/aromatic N) is 4. The minimum absolute atomic E-state index is 0.570. The van der Waals surface area contributed by atoms with Crippen molar-refractivity contribution in [2.45, 2.75) is 45.1 Å². The first kappa shape index (κ1) is 10.5. The van der Waals surface area contributed by atoms with Crippen LogP contribution in [0.1, 0.15) is 37.9 Å². The summed E-state index contributed by atoms with van der Waals surface area (Å²) in [6.45, 7) is 1.97. The molecule has 17 heavy (non-hydrogen) atoms. The van der Waals surface area contributed by atoms with E-state index in [1.54, 1.807) is 6.33 Å². The van der Waals surface area contributed by atoms with Gasteiger partial charge in [-0.3, -0.25) is 4.40 Å². The molecule has 1 saturated carbocycles. The molecule has 2 aromatic heterocycles. The van der Waals surface area contributed by atoms with Gasteiger partial charge in [0, 0.05) is 12.1 Å². The van der Waals surface area contributed by atoms with Crippen LogP contribution in [0, 0.1) is 6.92 Å². The summed E-state index contributed by atoms with van der Waals surface area (Å²) in [4.78, 5) is 4.54. The van der Waals surface area contributed by atoms with E-state index in [2.05, 4.69) is 20.5 Å². The first-order chi connectivity index (χ1) is 8.33. The minimum Gasteiger partial charge on any atom is -0.367 e. The second-order valence-electron chi connectivity index (χ2n) is 4.73. The quantitative estimate of drug-likeness (QED) is 0.860. The van der Waals surface area contributed by atoms with Crippen molar-refractivity contribution in [2.75, 3.05) is 5.32 Å². The summed E-state index contributed by atoms with van der Waals surface area (Å²) >= 11 is 0. The fourth-order valence-electron chi connectivity index (χ4n) is 2.50. The van der Waals surface area contributed by atoms with E-state index in [1.807, 2.05) is 17.4 Å². The van der Waals surface area contributed by atoms with Gasteiger partial charge in [0.15, 0.2) is 5.65 Å². The largest absolute Gasteiger partial charge is 0.367 e. The minimum atomic E-state index is 0.570. The zero-order chi connectivity index (χ0) is 11.7. The first-order valence-corrected chi connectivity index (χ1v) is 6.27. The number of aryl methyl sites for hydroxylation is 1. The van der Waals surface area contributed by atoms with Crippen LogP contribution in [0.15, 0.2) is 12.4 Å². The van der Waals surface area contributed by atoms with E-state index in [9.17, 15) is 0 Å². The Morgan fingerprint density at radius 1 is 1.29 bits per heavy atom. The van der Waals surface area contributed by atoms with Crippen molar-refractivity contribution in [3.8, 4) is 0 Å². The molecule has 2 heterocycles. The van der Waals surface area contributed by atoms with Gasteiger partial charge in [0.2, 0.25) is 0 Å². The summed E-state index contributed by atoms with van der Waals surface area (Å²) in [5.74, 6) is 1.85. The van der Waals surface area contributed by atoms with Crippen LogP contribution < -0.4 is 5.32 Å². The van der Waals surface area contributed by atoms with E-state index < -0.39 is 0 Å². The predicted octanol–water partition coefficient (Wildman–Crippen LogP) is 2.18. The summed E-state index contributed by atoms with van der Waals surface area (Å²) in [5, 5.41) is 11.5. The fourth-order valence-corrected chi connectivity index (χ4v) is 2.50. The molecule has 0 spiro atoms.